The number of halogens is 1. The van der Waals surface area contributed by atoms with Crippen LogP contribution in [0.4, 0.5) is 5.69 Å². The number of phenols is 1. The molecule has 154 valence electrons. The van der Waals surface area contributed by atoms with Crippen molar-refractivity contribution in [3.8, 4) is 23.0 Å². The van der Waals surface area contributed by atoms with Crippen molar-refractivity contribution in [1.82, 2.24) is 10.2 Å². The first-order chi connectivity index (χ1) is 14.3. The fourth-order valence-corrected chi connectivity index (χ4v) is 3.18. The van der Waals surface area contributed by atoms with E-state index in [0.29, 0.717) is 28.1 Å². The molecule has 30 heavy (non-hydrogen) atoms. The Hall–Kier alpha value is -3.57. The Morgan fingerprint density at radius 1 is 1.30 bits per heavy atom. The number of hydrogen-bond donors (Lipinski definition) is 2. The van der Waals surface area contributed by atoms with Gasteiger partial charge in [-0.15, -0.1) is 10.2 Å². The normalized spacial score (nSPS) is 11.3. The molecule has 0 unspecified atom stereocenters. The standard InChI is InChI=1S/C18H12ClN3O7S/c1-28-14-5-2-10(19)8-12(14)16-20-21-18(29-16)30-15(17(24)25)7-9-6-11(22(26)27)3-4-13(9)23/h2-8,23H,1H3,(H,24,25)/b15-7-. The van der Waals surface area contributed by atoms with Crippen LogP contribution in [0.15, 0.2) is 50.9 Å². The Balaban J connectivity index is 1.94. The second-order valence-electron chi connectivity index (χ2n) is 5.63. The summed E-state index contributed by atoms with van der Waals surface area (Å²) in [5, 5.41) is 38.3. The highest BCUT2D eigenvalue weighted by Gasteiger charge is 2.19. The average molecular weight is 450 g/mol. The van der Waals surface area contributed by atoms with E-state index in [9.17, 15) is 25.1 Å². The van der Waals surface area contributed by atoms with Gasteiger partial charge in [-0.2, -0.15) is 0 Å². The summed E-state index contributed by atoms with van der Waals surface area (Å²) in [5.41, 5.74) is 0.0637. The molecule has 2 N–H and O–H groups in total. The Morgan fingerprint density at radius 3 is 2.73 bits per heavy atom. The fourth-order valence-electron chi connectivity index (χ4n) is 2.35. The van der Waals surface area contributed by atoms with Crippen molar-refractivity contribution < 1.29 is 29.1 Å². The van der Waals surface area contributed by atoms with E-state index in [1.807, 2.05) is 0 Å². The number of nitro groups is 1. The maximum absolute atomic E-state index is 11.6. The van der Waals surface area contributed by atoms with Gasteiger partial charge >= 0.3 is 5.97 Å². The number of carboxylic acid groups (broad SMARTS) is 1. The summed E-state index contributed by atoms with van der Waals surface area (Å²) >= 11 is 6.60. The van der Waals surface area contributed by atoms with Crippen molar-refractivity contribution >= 4 is 41.1 Å². The lowest BCUT2D eigenvalue weighted by Gasteiger charge is -2.04. The zero-order chi connectivity index (χ0) is 21.8. The monoisotopic (exact) mass is 449 g/mol. The van der Waals surface area contributed by atoms with Crippen LogP contribution in [-0.4, -0.2) is 38.4 Å². The van der Waals surface area contributed by atoms with Gasteiger partial charge in [-0.25, -0.2) is 4.79 Å². The molecule has 0 bridgehead atoms. The lowest BCUT2D eigenvalue weighted by atomic mass is 10.1. The highest BCUT2D eigenvalue weighted by Crippen LogP contribution is 2.36. The minimum absolute atomic E-state index is 0.0506. The Kier molecular flexibility index (Phi) is 6.23. The quantitative estimate of drug-likeness (QED) is 0.232. The van der Waals surface area contributed by atoms with Gasteiger partial charge in [0.25, 0.3) is 16.8 Å². The minimum Gasteiger partial charge on any atom is -0.507 e. The summed E-state index contributed by atoms with van der Waals surface area (Å²) in [7, 11) is 1.45. The molecule has 12 heteroatoms. The zero-order valence-corrected chi connectivity index (χ0v) is 16.7. The molecule has 10 nitrogen and oxygen atoms in total. The molecule has 3 rings (SSSR count). The first-order valence-electron chi connectivity index (χ1n) is 8.06. The third kappa shape index (κ3) is 4.70. The first-order valence-corrected chi connectivity index (χ1v) is 9.25. The molecule has 0 aliphatic heterocycles. The number of methoxy groups -OCH3 is 1. The number of aromatic hydroxyl groups is 1. The lowest BCUT2D eigenvalue weighted by molar-refractivity contribution is -0.384. The lowest BCUT2D eigenvalue weighted by Crippen LogP contribution is -1.97. The molecule has 0 aliphatic carbocycles. The summed E-state index contributed by atoms with van der Waals surface area (Å²) in [6.07, 6.45) is 1.07. The molecule has 0 saturated carbocycles. The van der Waals surface area contributed by atoms with E-state index in [0.717, 1.165) is 24.3 Å². The van der Waals surface area contributed by atoms with Crippen molar-refractivity contribution in [2.75, 3.05) is 7.11 Å². The summed E-state index contributed by atoms with van der Waals surface area (Å²) in [6.45, 7) is 0. The number of rotatable bonds is 7. The van der Waals surface area contributed by atoms with Crippen LogP contribution in [-0.2, 0) is 4.79 Å². The van der Waals surface area contributed by atoms with E-state index in [-0.39, 0.29) is 33.0 Å². The third-order valence-corrected chi connectivity index (χ3v) is 4.80. The molecule has 0 radical (unpaired) electrons. The number of aliphatic carboxylic acids is 1. The van der Waals surface area contributed by atoms with Crippen LogP contribution in [0.5, 0.6) is 11.5 Å². The van der Waals surface area contributed by atoms with Crippen LogP contribution in [0.25, 0.3) is 17.5 Å². The van der Waals surface area contributed by atoms with E-state index >= 15 is 0 Å². The highest BCUT2D eigenvalue weighted by molar-refractivity contribution is 8.03. The Labute approximate surface area is 177 Å². The first kappa shape index (κ1) is 21.1. The number of nitrogens with zero attached hydrogens (tertiary/aromatic N) is 3. The molecular weight excluding hydrogens is 438 g/mol. The second kappa shape index (κ2) is 8.84. The number of non-ortho nitro benzene ring substituents is 1. The average Bonchev–Trinajstić information content (AvgIpc) is 3.17. The number of thioether (sulfide) groups is 1. The summed E-state index contributed by atoms with van der Waals surface area (Å²) in [5.74, 6) is -1.20. The van der Waals surface area contributed by atoms with Crippen LogP contribution < -0.4 is 4.74 Å². The van der Waals surface area contributed by atoms with E-state index in [1.165, 1.54) is 7.11 Å². The minimum atomic E-state index is -1.36. The zero-order valence-electron chi connectivity index (χ0n) is 15.1. The summed E-state index contributed by atoms with van der Waals surface area (Å²) < 4.78 is 10.7. The number of carboxylic acids is 1. The molecular formula is C18H12ClN3O7S. The van der Waals surface area contributed by atoms with E-state index in [4.69, 9.17) is 20.8 Å². The third-order valence-electron chi connectivity index (χ3n) is 3.71. The Bertz CT molecular complexity index is 1160. The van der Waals surface area contributed by atoms with E-state index in [2.05, 4.69) is 10.2 Å². The number of nitro benzene ring substituents is 1. The number of aromatic nitrogens is 2. The maximum atomic E-state index is 11.6. The highest BCUT2D eigenvalue weighted by atomic mass is 35.5. The predicted octanol–water partition coefficient (Wildman–Crippen LogP) is 4.23. The van der Waals surface area contributed by atoms with Crippen molar-refractivity contribution in [2.45, 2.75) is 5.22 Å². The van der Waals surface area contributed by atoms with Crippen LogP contribution in [0, 0.1) is 10.1 Å². The fraction of sp³-hybridized carbons (Fsp3) is 0.0556. The molecule has 0 aliphatic rings. The number of benzene rings is 2. The molecule has 0 fully saturated rings. The smallest absolute Gasteiger partial charge is 0.342 e. The topological polar surface area (TPSA) is 149 Å². The SMILES string of the molecule is COc1ccc(Cl)cc1-c1nnc(S/C(=C\c2cc([N+](=O)[O-])ccc2O)C(=O)O)o1. The van der Waals surface area contributed by atoms with Crippen LogP contribution in [0.1, 0.15) is 5.56 Å². The van der Waals surface area contributed by atoms with Crippen LogP contribution in [0.2, 0.25) is 5.02 Å². The number of hydrogen-bond acceptors (Lipinski definition) is 9. The molecule has 0 atom stereocenters. The van der Waals surface area contributed by atoms with Gasteiger partial charge in [-0.3, -0.25) is 10.1 Å². The second-order valence-corrected chi connectivity index (χ2v) is 7.06. The van der Waals surface area contributed by atoms with Gasteiger partial charge in [-0.05, 0) is 42.1 Å². The summed E-state index contributed by atoms with van der Waals surface area (Å²) in [6, 6.07) is 8.04. The van der Waals surface area contributed by atoms with Gasteiger partial charge in [0.05, 0.1) is 17.6 Å². The Morgan fingerprint density at radius 2 is 2.07 bits per heavy atom. The van der Waals surface area contributed by atoms with Crippen molar-refractivity contribution in [1.29, 1.82) is 0 Å². The van der Waals surface area contributed by atoms with E-state index in [1.54, 1.807) is 18.2 Å². The van der Waals surface area contributed by atoms with Gasteiger partial charge in [0.1, 0.15) is 16.4 Å². The van der Waals surface area contributed by atoms with Gasteiger partial charge in [0.15, 0.2) is 0 Å². The molecule has 1 aromatic heterocycles. The van der Waals surface area contributed by atoms with Gasteiger partial charge < -0.3 is 19.4 Å². The van der Waals surface area contributed by atoms with Gasteiger partial charge in [0, 0.05) is 22.7 Å². The van der Waals surface area contributed by atoms with Crippen molar-refractivity contribution in [2.24, 2.45) is 0 Å². The van der Waals surface area contributed by atoms with E-state index < -0.39 is 10.9 Å². The van der Waals surface area contributed by atoms with Crippen LogP contribution in [0.3, 0.4) is 0 Å². The number of carbonyl (C=O) groups is 1. The van der Waals surface area contributed by atoms with Gasteiger partial charge in [0.2, 0.25) is 0 Å². The largest absolute Gasteiger partial charge is 0.507 e. The van der Waals surface area contributed by atoms with Crippen LogP contribution >= 0.6 is 23.4 Å². The van der Waals surface area contributed by atoms with Crippen molar-refractivity contribution in [3.05, 3.63) is 62.0 Å². The number of ether oxygens (including phenoxy) is 1. The van der Waals surface area contributed by atoms with Crippen molar-refractivity contribution in [3.63, 3.8) is 0 Å². The maximum Gasteiger partial charge on any atom is 0.342 e. The molecule has 0 amide bonds. The molecule has 1 heterocycles. The predicted molar refractivity (Wildman–Crippen MR) is 108 cm³/mol. The molecule has 2 aromatic carbocycles. The molecule has 0 saturated heterocycles. The summed E-state index contributed by atoms with van der Waals surface area (Å²) in [4.78, 5) is 21.6. The molecule has 0 spiro atoms. The van der Waals surface area contributed by atoms with Gasteiger partial charge in [-0.1, -0.05) is 11.6 Å². The molecule has 3 aromatic rings. The number of phenolic OH excluding ortho intramolecular Hbond substituents is 1.